The first-order valence-corrected chi connectivity index (χ1v) is 30.1. The van der Waals surface area contributed by atoms with Crippen molar-refractivity contribution in [2.75, 3.05) is 39.3 Å². The Labute approximate surface area is 522 Å². The molecule has 0 spiro atoms. The number of aromatic nitrogens is 12. The van der Waals surface area contributed by atoms with E-state index in [0.717, 1.165) is 61.1 Å². The molecule has 87 heavy (non-hydrogen) atoms. The van der Waals surface area contributed by atoms with Crippen molar-refractivity contribution in [1.82, 2.24) is 86.7 Å². The number of rotatable bonds is 30. The van der Waals surface area contributed by atoms with Crippen molar-refractivity contribution < 1.29 is 24.0 Å². The molecule has 0 atom stereocenters. The summed E-state index contributed by atoms with van der Waals surface area (Å²) in [6, 6.07) is 1.07. The van der Waals surface area contributed by atoms with Crippen molar-refractivity contribution in [2.45, 2.75) is 222 Å². The monoisotopic (exact) mass is 1210 g/mol. The highest BCUT2D eigenvalue weighted by atomic mass is 16.2. The fraction of sp³-hybridized carbons (Fsp3) is 0.641. The molecule has 23 nitrogen and oxygen atoms in total. The second kappa shape index (κ2) is 39.0. The van der Waals surface area contributed by atoms with Crippen LogP contribution in [0.3, 0.4) is 0 Å². The van der Waals surface area contributed by atoms with Gasteiger partial charge >= 0.3 is 0 Å². The van der Waals surface area contributed by atoms with E-state index in [2.05, 4.69) is 109 Å². The first-order chi connectivity index (χ1) is 40.2. The first-order valence-electron chi connectivity index (χ1n) is 30.1. The smallest absolute Gasteiger partial charge is 0.242 e. The number of likely N-dealkylation sites (N-methyl/N-ethyl adjacent to an activating group) is 2. The summed E-state index contributed by atoms with van der Waals surface area (Å²) in [5.74, 6) is 6.28. The van der Waals surface area contributed by atoms with Crippen molar-refractivity contribution >= 4 is 29.2 Å². The lowest BCUT2D eigenvalue weighted by atomic mass is 10.1. The zero-order valence-electron chi connectivity index (χ0n) is 55.1. The van der Waals surface area contributed by atoms with Gasteiger partial charge in [0, 0.05) is 145 Å². The largest absolute Gasteiger partial charge is 0.342 e. The number of hydrogen-bond acceptors (Lipinski definition) is 15. The SMILES string of the molecule is C.C.CC(=O)CN(Cc1nccn1C)C(C)C.CC(=O)CN(Cc1nccn1CC(C)=O)C(C)C.CCN(CC)C(=O)Cn1ccnc1CN(Cc1nccn1CC(=O)N(CC)CC)C(C)(C)C.CCn1ccnc1CN(Cc1nccn1C)C(C)C. The lowest BCUT2D eigenvalue weighted by molar-refractivity contribution is -0.132. The average Bonchev–Trinajstić information content (AvgIpc) is 2.78. The van der Waals surface area contributed by atoms with Crippen LogP contribution in [-0.2, 0) is 104 Å². The first kappa shape index (κ1) is 78.1. The molecule has 0 radical (unpaired) electrons. The lowest BCUT2D eigenvalue weighted by Crippen LogP contribution is -2.42. The van der Waals surface area contributed by atoms with Crippen LogP contribution in [0.1, 0.15) is 168 Å². The van der Waals surface area contributed by atoms with Crippen LogP contribution in [0.15, 0.2) is 74.4 Å². The predicted molar refractivity (Wildman–Crippen MR) is 347 cm³/mol. The maximum absolute atomic E-state index is 12.6. The maximum atomic E-state index is 12.6. The minimum Gasteiger partial charge on any atom is -0.342 e. The van der Waals surface area contributed by atoms with Gasteiger partial charge < -0.3 is 37.2 Å². The molecule has 0 saturated carbocycles. The summed E-state index contributed by atoms with van der Waals surface area (Å²) in [6.07, 6.45) is 22.1. The van der Waals surface area contributed by atoms with Gasteiger partial charge in [0.15, 0.2) is 0 Å². The molecule has 0 bridgehead atoms. The van der Waals surface area contributed by atoms with Crippen LogP contribution >= 0.6 is 0 Å². The molecular weight excluding hydrogens is 1100 g/mol. The Balaban J connectivity index is 0.000000606. The standard InChI is InChI=1S/C24H41N7O2.C14H23N5.C13H21N3O2.C11H19N3O.2CH4/c1-8-27(9-2)22(32)18-29-14-12-25-20(29)16-31(24(5,6)7)17-21-26-13-15-30(21)19-23(33)28(10-3)11-4;1-5-18-9-7-16-14(18)11-19(12(2)3)10-13-15-6-8-17(13)4;1-10(2)16(8-12(4)18)9-13-14-5-6-15(13)7-11(3)17;1-9(2)14(7-10(3)15)8-11-12-5-6-13(11)4;;/h12-15H,8-11,16-19H2,1-7H3;6-9,12H,5,10-11H2,1-4H3;5-6,10H,7-9H2,1-4H3;5-6,9H,7-8H2,1-4H3;2*1H4. The normalized spacial score (nSPS) is 11.3. The molecule has 0 aliphatic heterocycles. The van der Waals surface area contributed by atoms with E-state index in [4.69, 9.17) is 0 Å². The minimum absolute atomic E-state index is 0. The van der Waals surface area contributed by atoms with Gasteiger partial charge in [0.25, 0.3) is 0 Å². The van der Waals surface area contributed by atoms with Crippen molar-refractivity contribution in [1.29, 1.82) is 0 Å². The summed E-state index contributed by atoms with van der Waals surface area (Å²) in [6.45, 7) is 43.7. The third kappa shape index (κ3) is 26.5. The van der Waals surface area contributed by atoms with Crippen LogP contribution in [0.5, 0.6) is 0 Å². The number of carbonyl (C=O) groups is 5. The van der Waals surface area contributed by atoms with Crippen LogP contribution in [-0.4, -0.2) is 179 Å². The zero-order chi connectivity index (χ0) is 63.6. The van der Waals surface area contributed by atoms with Gasteiger partial charge in [0.05, 0.1) is 58.9 Å². The van der Waals surface area contributed by atoms with E-state index in [9.17, 15) is 24.0 Å². The van der Waals surface area contributed by atoms with Crippen molar-refractivity contribution in [2.24, 2.45) is 14.1 Å². The molecule has 6 heterocycles. The van der Waals surface area contributed by atoms with Crippen molar-refractivity contribution in [3.05, 3.63) is 109 Å². The van der Waals surface area contributed by atoms with Gasteiger partial charge in [0.1, 0.15) is 65.4 Å². The number of carbonyl (C=O) groups excluding carboxylic acids is 5. The highest BCUT2D eigenvalue weighted by molar-refractivity contribution is 5.78. The van der Waals surface area contributed by atoms with Crippen LogP contribution in [0, 0.1) is 0 Å². The van der Waals surface area contributed by atoms with Gasteiger partial charge in [0.2, 0.25) is 11.8 Å². The second-order valence-corrected chi connectivity index (χ2v) is 23.2. The number of Topliss-reactive ketones (excluding diaryl/α,β-unsaturated/α-hetero) is 3. The maximum Gasteiger partial charge on any atom is 0.242 e. The number of ketones is 3. The molecule has 0 N–H and O–H groups in total. The topological polar surface area (TPSA) is 212 Å². The summed E-state index contributed by atoms with van der Waals surface area (Å²) in [5, 5.41) is 0. The van der Waals surface area contributed by atoms with Crippen molar-refractivity contribution in [3.8, 4) is 0 Å². The number of hydrogen-bond donors (Lipinski definition) is 0. The van der Waals surface area contributed by atoms with Crippen molar-refractivity contribution in [3.63, 3.8) is 0 Å². The molecule has 6 aromatic rings. The van der Waals surface area contributed by atoms with Gasteiger partial charge in [-0.05, 0) is 118 Å². The molecule has 0 unspecified atom stereocenters. The minimum atomic E-state index is -0.167. The Kier molecular flexibility index (Phi) is 35.0. The van der Waals surface area contributed by atoms with E-state index < -0.39 is 0 Å². The fourth-order valence-electron chi connectivity index (χ4n) is 9.10. The number of amides is 2. The van der Waals surface area contributed by atoms with Crippen LogP contribution in [0.4, 0.5) is 0 Å². The van der Waals surface area contributed by atoms with Gasteiger partial charge in [-0.15, -0.1) is 0 Å². The van der Waals surface area contributed by atoms with E-state index >= 15 is 0 Å². The second-order valence-electron chi connectivity index (χ2n) is 23.2. The lowest BCUT2D eigenvalue weighted by Gasteiger charge is -2.35. The molecule has 2 amide bonds. The molecule has 6 aromatic heterocycles. The number of aryl methyl sites for hydroxylation is 3. The van der Waals surface area contributed by atoms with Gasteiger partial charge in [-0.25, -0.2) is 29.9 Å². The average molecular weight is 1210 g/mol. The quantitative estimate of drug-likeness (QED) is 0.0414. The molecule has 0 aliphatic rings. The highest BCUT2D eigenvalue weighted by Crippen LogP contribution is 2.21. The molecular formula is C64H112N18O5. The summed E-state index contributed by atoms with van der Waals surface area (Å²) in [4.78, 5) is 97.7. The molecule has 0 aliphatic carbocycles. The van der Waals surface area contributed by atoms with Crippen LogP contribution < -0.4 is 0 Å². The summed E-state index contributed by atoms with van der Waals surface area (Å²) in [7, 11) is 4.00. The van der Waals surface area contributed by atoms with E-state index in [1.807, 2.05) is 132 Å². The van der Waals surface area contributed by atoms with Crippen LogP contribution in [0.2, 0.25) is 0 Å². The zero-order valence-corrected chi connectivity index (χ0v) is 55.1. The number of nitrogens with zero attached hydrogens (tertiary/aromatic N) is 18. The molecule has 6 rings (SSSR count). The van der Waals surface area contributed by atoms with Gasteiger partial charge in [-0.3, -0.25) is 43.6 Å². The molecule has 0 aromatic carbocycles. The van der Waals surface area contributed by atoms with Gasteiger partial charge in [-0.1, -0.05) is 14.9 Å². The summed E-state index contributed by atoms with van der Waals surface area (Å²) >= 11 is 0. The molecule has 0 saturated heterocycles. The molecule has 23 heteroatoms. The Bertz CT molecular complexity index is 2840. The van der Waals surface area contributed by atoms with E-state index in [1.165, 1.54) is 0 Å². The Morgan fingerprint density at radius 3 is 1.00 bits per heavy atom. The van der Waals surface area contributed by atoms with Gasteiger partial charge in [-0.2, -0.15) is 0 Å². The Morgan fingerprint density at radius 1 is 0.414 bits per heavy atom. The highest BCUT2D eigenvalue weighted by Gasteiger charge is 2.27. The molecule has 488 valence electrons. The van der Waals surface area contributed by atoms with E-state index in [-0.39, 0.29) is 68.7 Å². The van der Waals surface area contributed by atoms with E-state index in [0.29, 0.717) is 77.5 Å². The Morgan fingerprint density at radius 2 is 0.701 bits per heavy atom. The third-order valence-electron chi connectivity index (χ3n) is 14.7. The molecule has 0 fully saturated rings. The fourth-order valence-corrected chi connectivity index (χ4v) is 9.10. The number of imidazole rings is 6. The summed E-state index contributed by atoms with van der Waals surface area (Å²) in [5.41, 5.74) is -0.167. The van der Waals surface area contributed by atoms with Crippen LogP contribution in [0.25, 0.3) is 0 Å². The van der Waals surface area contributed by atoms with E-state index in [1.54, 1.807) is 51.8 Å². The summed E-state index contributed by atoms with van der Waals surface area (Å²) < 4.78 is 11.9. The predicted octanol–water partition coefficient (Wildman–Crippen LogP) is 8.43. The Hall–Kier alpha value is -6.95. The third-order valence-corrected chi connectivity index (χ3v) is 14.7.